The van der Waals surface area contributed by atoms with Gasteiger partial charge in [0.25, 0.3) is 0 Å². The Morgan fingerprint density at radius 3 is 2.80 bits per heavy atom. The Bertz CT molecular complexity index is 1300. The van der Waals surface area contributed by atoms with Crippen LogP contribution in [0.5, 0.6) is 17.4 Å². The number of carbonyl (C=O) groups excluding carboxylic acids is 2. The molecule has 2 atom stereocenters. The van der Waals surface area contributed by atoms with Crippen molar-refractivity contribution in [1.29, 1.82) is 0 Å². The number of benzene rings is 1. The number of amides is 2. The molecule has 4 heterocycles. The van der Waals surface area contributed by atoms with E-state index in [9.17, 15) is 14.7 Å². The fraction of sp³-hybridized carbons (Fsp3) is 0.333. The van der Waals surface area contributed by atoms with E-state index in [1.165, 1.54) is 12.0 Å². The van der Waals surface area contributed by atoms with E-state index in [4.69, 9.17) is 24.7 Å². The van der Waals surface area contributed by atoms with Gasteiger partial charge in [-0.15, -0.1) is 0 Å². The molecule has 0 spiro atoms. The molecule has 0 bridgehead atoms. The van der Waals surface area contributed by atoms with Gasteiger partial charge in [0.15, 0.2) is 17.1 Å². The van der Waals surface area contributed by atoms with Crippen LogP contribution in [-0.4, -0.2) is 65.6 Å². The molecule has 3 N–H and O–H groups in total. The van der Waals surface area contributed by atoms with Crippen LogP contribution in [0.3, 0.4) is 0 Å². The van der Waals surface area contributed by atoms with Gasteiger partial charge in [-0.25, -0.2) is 9.78 Å². The average Bonchev–Trinajstić information content (AvgIpc) is 3.22. The van der Waals surface area contributed by atoms with E-state index in [1.54, 1.807) is 42.6 Å². The Morgan fingerprint density at radius 1 is 1.23 bits per heavy atom. The Labute approximate surface area is 200 Å². The van der Waals surface area contributed by atoms with Crippen LogP contribution in [-0.2, 0) is 16.0 Å². The molecule has 0 unspecified atom stereocenters. The van der Waals surface area contributed by atoms with Crippen LogP contribution in [0.1, 0.15) is 12.0 Å². The second-order valence-corrected chi connectivity index (χ2v) is 8.41. The van der Waals surface area contributed by atoms with Gasteiger partial charge in [0.2, 0.25) is 11.8 Å². The van der Waals surface area contributed by atoms with Crippen molar-refractivity contribution >= 4 is 28.7 Å². The quantitative estimate of drug-likeness (QED) is 0.514. The highest BCUT2D eigenvalue weighted by Crippen LogP contribution is 2.36. The van der Waals surface area contributed by atoms with Crippen LogP contribution in [0.15, 0.2) is 42.6 Å². The third-order valence-corrected chi connectivity index (χ3v) is 6.07. The molecular formula is C24H24N4O7. The number of ether oxygens (including phenoxy) is 4. The fourth-order valence-corrected chi connectivity index (χ4v) is 4.31. The highest BCUT2D eigenvalue weighted by molar-refractivity contribution is 5.91. The number of rotatable bonds is 7. The van der Waals surface area contributed by atoms with Crippen LogP contribution in [0.2, 0.25) is 0 Å². The number of nitrogens with two attached hydrogens (primary N) is 1. The number of hydrogen-bond acceptors (Lipinski definition) is 9. The van der Waals surface area contributed by atoms with E-state index < -0.39 is 23.7 Å². The molecule has 11 heteroatoms. The summed E-state index contributed by atoms with van der Waals surface area (Å²) in [5.41, 5.74) is 5.80. The van der Waals surface area contributed by atoms with Crippen molar-refractivity contribution in [1.82, 2.24) is 9.97 Å². The lowest BCUT2D eigenvalue weighted by Gasteiger charge is -2.27. The van der Waals surface area contributed by atoms with Gasteiger partial charge in [-0.2, -0.15) is 0 Å². The van der Waals surface area contributed by atoms with Crippen LogP contribution < -0.4 is 24.8 Å². The predicted octanol–water partition coefficient (Wildman–Crippen LogP) is 1.58. The van der Waals surface area contributed by atoms with E-state index in [0.29, 0.717) is 52.9 Å². The van der Waals surface area contributed by atoms with Gasteiger partial charge in [0.1, 0.15) is 19.3 Å². The number of pyridine rings is 2. The molecule has 1 saturated heterocycles. The minimum absolute atomic E-state index is 0.122. The summed E-state index contributed by atoms with van der Waals surface area (Å²) in [6, 6.07) is 10.2. The van der Waals surface area contributed by atoms with Crippen LogP contribution in [0.4, 0.5) is 10.5 Å². The summed E-state index contributed by atoms with van der Waals surface area (Å²) in [5.74, 6) is 0.571. The third-order valence-electron chi connectivity index (χ3n) is 6.07. The Kier molecular flexibility index (Phi) is 5.77. The average molecular weight is 480 g/mol. The van der Waals surface area contributed by atoms with Crippen molar-refractivity contribution in [2.75, 3.05) is 31.8 Å². The number of methoxy groups -OCH3 is 1. The fourth-order valence-electron chi connectivity index (χ4n) is 4.31. The van der Waals surface area contributed by atoms with Gasteiger partial charge >= 0.3 is 6.09 Å². The number of aliphatic hydroxyl groups is 1. The maximum atomic E-state index is 12.6. The summed E-state index contributed by atoms with van der Waals surface area (Å²) in [6.07, 6.45) is -0.141. The van der Waals surface area contributed by atoms with Gasteiger partial charge in [-0.05, 0) is 29.8 Å². The van der Waals surface area contributed by atoms with E-state index >= 15 is 0 Å². The van der Waals surface area contributed by atoms with Crippen LogP contribution in [0.25, 0.3) is 11.0 Å². The lowest BCUT2D eigenvalue weighted by molar-refractivity contribution is -0.139. The summed E-state index contributed by atoms with van der Waals surface area (Å²) in [5, 5.41) is 11.3. The number of fused-ring (bicyclic) bond motifs is 2. The summed E-state index contributed by atoms with van der Waals surface area (Å²) in [4.78, 5) is 35.1. The molecular weight excluding hydrogens is 456 g/mol. The number of primary amides is 1. The monoisotopic (exact) mass is 480 g/mol. The SMILES string of the molecule is COc1ccc2nccc(C[C@](O)(C[C@@H]3CN(c4ccc5c(c4)OCCO5)C(=O)O3)C(N)=O)c2n1. The minimum Gasteiger partial charge on any atom is -0.486 e. The standard InChI is InChI=1S/C24H24N4O7/c1-32-20-5-3-17-21(27-20)14(6-7-26-17)11-24(31,22(25)29)12-16-13-28(23(30)35-16)15-2-4-18-19(10-15)34-9-8-33-18/h2-7,10,16,31H,8-9,11-13H2,1H3,(H2,25,29)/t16-,24+/m1/s1. The molecule has 5 rings (SSSR count). The molecule has 2 amide bonds. The zero-order valence-corrected chi connectivity index (χ0v) is 19.0. The zero-order chi connectivity index (χ0) is 24.6. The topological polar surface area (TPSA) is 146 Å². The minimum atomic E-state index is -1.99. The molecule has 182 valence electrons. The van der Waals surface area contributed by atoms with E-state index in [0.717, 1.165) is 0 Å². The number of nitrogens with zero attached hydrogens (tertiary/aromatic N) is 3. The molecule has 3 aromatic rings. The Morgan fingerprint density at radius 2 is 2.03 bits per heavy atom. The molecule has 2 aliphatic rings. The highest BCUT2D eigenvalue weighted by Gasteiger charge is 2.43. The maximum absolute atomic E-state index is 12.6. The summed E-state index contributed by atoms with van der Waals surface area (Å²) in [6.45, 7) is 0.998. The molecule has 2 aromatic heterocycles. The first-order valence-electron chi connectivity index (χ1n) is 11.0. The molecule has 1 aromatic carbocycles. The number of cyclic esters (lactones) is 1. The molecule has 2 aliphatic heterocycles. The van der Waals surface area contributed by atoms with E-state index in [-0.39, 0.29) is 19.4 Å². The van der Waals surface area contributed by atoms with Gasteiger partial charge < -0.3 is 29.8 Å². The predicted molar refractivity (Wildman–Crippen MR) is 124 cm³/mol. The van der Waals surface area contributed by atoms with Crippen molar-refractivity contribution in [3.8, 4) is 17.4 Å². The molecule has 35 heavy (non-hydrogen) atoms. The van der Waals surface area contributed by atoms with E-state index in [1.807, 2.05) is 0 Å². The number of carbonyl (C=O) groups is 2. The first kappa shape index (κ1) is 22.7. The first-order valence-corrected chi connectivity index (χ1v) is 11.0. The number of anilines is 1. The number of hydrogen-bond donors (Lipinski definition) is 2. The van der Waals surface area contributed by atoms with E-state index in [2.05, 4.69) is 9.97 Å². The van der Waals surface area contributed by atoms with Gasteiger partial charge in [0.05, 0.1) is 30.4 Å². The first-order chi connectivity index (χ1) is 16.9. The lowest BCUT2D eigenvalue weighted by atomic mass is 9.87. The molecule has 1 fully saturated rings. The summed E-state index contributed by atoms with van der Waals surface area (Å²) >= 11 is 0. The second-order valence-electron chi connectivity index (χ2n) is 8.41. The molecule has 0 radical (unpaired) electrons. The highest BCUT2D eigenvalue weighted by atomic mass is 16.6. The second kappa shape index (κ2) is 8.91. The van der Waals surface area contributed by atoms with Crippen molar-refractivity contribution in [3.63, 3.8) is 0 Å². The molecule has 11 nitrogen and oxygen atoms in total. The van der Waals surface area contributed by atoms with Crippen molar-refractivity contribution in [3.05, 3.63) is 48.2 Å². The Hall–Kier alpha value is -4.12. The zero-order valence-electron chi connectivity index (χ0n) is 19.0. The van der Waals surface area contributed by atoms with Crippen LogP contribution in [0, 0.1) is 0 Å². The van der Waals surface area contributed by atoms with Crippen molar-refractivity contribution in [2.24, 2.45) is 5.73 Å². The van der Waals surface area contributed by atoms with Crippen molar-refractivity contribution in [2.45, 2.75) is 24.5 Å². The third kappa shape index (κ3) is 4.37. The number of aromatic nitrogens is 2. The van der Waals surface area contributed by atoms with Gasteiger partial charge in [-0.3, -0.25) is 14.7 Å². The van der Waals surface area contributed by atoms with Gasteiger partial charge in [0, 0.05) is 31.2 Å². The smallest absolute Gasteiger partial charge is 0.414 e. The summed E-state index contributed by atoms with van der Waals surface area (Å²) in [7, 11) is 1.49. The van der Waals surface area contributed by atoms with Crippen molar-refractivity contribution < 1.29 is 33.6 Å². The maximum Gasteiger partial charge on any atom is 0.414 e. The molecule has 0 aliphatic carbocycles. The summed E-state index contributed by atoms with van der Waals surface area (Å²) < 4.78 is 21.8. The van der Waals surface area contributed by atoms with Gasteiger partial charge in [-0.1, -0.05) is 0 Å². The largest absolute Gasteiger partial charge is 0.486 e. The normalized spacial score (nSPS) is 18.7. The van der Waals surface area contributed by atoms with Crippen LogP contribution >= 0.6 is 0 Å². The molecule has 0 saturated carbocycles. The Balaban J connectivity index is 1.37. The lowest BCUT2D eigenvalue weighted by Crippen LogP contribution is -2.48.